The quantitative estimate of drug-likeness (QED) is 0.676. The number of rotatable bonds is 8. The third-order valence-electron chi connectivity index (χ3n) is 6.11. The van der Waals surface area contributed by atoms with Crippen molar-refractivity contribution in [3.63, 3.8) is 0 Å². The normalized spacial score (nSPS) is 17.3. The molecule has 0 atom stereocenters. The van der Waals surface area contributed by atoms with Crippen LogP contribution in [0.5, 0.6) is 5.75 Å². The predicted octanol–water partition coefficient (Wildman–Crippen LogP) is 2.29. The van der Waals surface area contributed by atoms with Gasteiger partial charge in [0.25, 0.3) is 0 Å². The Kier molecular flexibility index (Phi) is 7.77. The van der Waals surface area contributed by atoms with E-state index in [2.05, 4.69) is 37.4 Å². The standard InChI is InChI=1S/C24H33N5O3/c1-2-32-21-5-3-19(4-6-21)9-12-25-24(30)20-10-13-28(14-11-20)22-7-8-23(27-26-22)29-15-17-31-18-16-29/h3-8,20H,2,9-18H2,1H3,(H,25,30). The van der Waals surface area contributed by atoms with E-state index in [1.807, 2.05) is 31.2 Å². The predicted molar refractivity (Wildman–Crippen MR) is 124 cm³/mol. The van der Waals surface area contributed by atoms with Crippen LogP contribution in [-0.4, -0.2) is 68.6 Å². The summed E-state index contributed by atoms with van der Waals surface area (Å²) in [5.74, 6) is 2.89. The minimum atomic E-state index is 0.0622. The van der Waals surface area contributed by atoms with Gasteiger partial charge in [-0.25, -0.2) is 0 Å². The molecule has 0 saturated carbocycles. The molecule has 172 valence electrons. The van der Waals surface area contributed by atoms with Gasteiger partial charge in [-0.15, -0.1) is 10.2 Å². The molecule has 0 unspecified atom stereocenters. The van der Waals surface area contributed by atoms with Crippen LogP contribution in [0.15, 0.2) is 36.4 Å². The highest BCUT2D eigenvalue weighted by Gasteiger charge is 2.25. The van der Waals surface area contributed by atoms with E-state index < -0.39 is 0 Å². The van der Waals surface area contributed by atoms with E-state index in [0.717, 1.165) is 76.0 Å². The zero-order valence-electron chi connectivity index (χ0n) is 18.8. The van der Waals surface area contributed by atoms with Crippen molar-refractivity contribution in [2.45, 2.75) is 26.2 Å². The Morgan fingerprint density at radius 2 is 1.62 bits per heavy atom. The molecule has 2 fully saturated rings. The monoisotopic (exact) mass is 439 g/mol. The number of ether oxygens (including phenoxy) is 2. The molecule has 1 N–H and O–H groups in total. The lowest BCUT2D eigenvalue weighted by atomic mass is 9.96. The highest BCUT2D eigenvalue weighted by atomic mass is 16.5. The van der Waals surface area contributed by atoms with Crippen molar-refractivity contribution in [3.05, 3.63) is 42.0 Å². The summed E-state index contributed by atoms with van der Waals surface area (Å²) in [6, 6.07) is 12.1. The first-order chi connectivity index (χ1) is 15.7. The molecule has 4 rings (SSSR count). The maximum absolute atomic E-state index is 12.6. The van der Waals surface area contributed by atoms with Crippen molar-refractivity contribution < 1.29 is 14.3 Å². The number of amides is 1. The number of nitrogens with one attached hydrogen (secondary N) is 1. The lowest BCUT2D eigenvalue weighted by molar-refractivity contribution is -0.125. The van der Waals surface area contributed by atoms with Crippen molar-refractivity contribution in [2.24, 2.45) is 5.92 Å². The van der Waals surface area contributed by atoms with E-state index in [-0.39, 0.29) is 11.8 Å². The van der Waals surface area contributed by atoms with Gasteiger partial charge in [0.05, 0.1) is 19.8 Å². The average Bonchev–Trinajstić information content (AvgIpc) is 2.86. The Bertz CT molecular complexity index is 845. The number of morpholine rings is 1. The zero-order valence-corrected chi connectivity index (χ0v) is 18.8. The first-order valence-corrected chi connectivity index (χ1v) is 11.6. The molecular formula is C24H33N5O3. The highest BCUT2D eigenvalue weighted by Crippen LogP contribution is 2.23. The topological polar surface area (TPSA) is 79.8 Å². The van der Waals surface area contributed by atoms with Gasteiger partial charge in [-0.3, -0.25) is 4.79 Å². The van der Waals surface area contributed by atoms with Crippen LogP contribution in [0.2, 0.25) is 0 Å². The molecule has 8 heteroatoms. The number of nitrogens with zero attached hydrogens (tertiary/aromatic N) is 4. The molecule has 2 saturated heterocycles. The molecule has 8 nitrogen and oxygen atoms in total. The van der Waals surface area contributed by atoms with Crippen LogP contribution in [-0.2, 0) is 16.0 Å². The molecule has 0 bridgehead atoms. The third kappa shape index (κ3) is 5.88. The second-order valence-electron chi connectivity index (χ2n) is 8.23. The smallest absolute Gasteiger partial charge is 0.223 e. The largest absolute Gasteiger partial charge is 0.494 e. The molecular weight excluding hydrogens is 406 g/mol. The molecule has 2 aliphatic rings. The van der Waals surface area contributed by atoms with E-state index in [1.54, 1.807) is 0 Å². The summed E-state index contributed by atoms with van der Waals surface area (Å²) >= 11 is 0. The van der Waals surface area contributed by atoms with Crippen molar-refractivity contribution in [1.29, 1.82) is 0 Å². The lowest BCUT2D eigenvalue weighted by Gasteiger charge is -2.32. The van der Waals surface area contributed by atoms with Gasteiger partial charge in [-0.1, -0.05) is 12.1 Å². The van der Waals surface area contributed by atoms with E-state index in [1.165, 1.54) is 5.56 Å². The van der Waals surface area contributed by atoms with Gasteiger partial charge >= 0.3 is 0 Å². The molecule has 3 heterocycles. The molecule has 32 heavy (non-hydrogen) atoms. The van der Waals surface area contributed by atoms with Gasteiger partial charge in [0.2, 0.25) is 5.91 Å². The van der Waals surface area contributed by atoms with E-state index >= 15 is 0 Å². The minimum Gasteiger partial charge on any atom is -0.494 e. The SMILES string of the molecule is CCOc1ccc(CCNC(=O)C2CCN(c3ccc(N4CCOCC4)nn3)CC2)cc1. The van der Waals surface area contributed by atoms with Crippen molar-refractivity contribution >= 4 is 17.5 Å². The summed E-state index contributed by atoms with van der Waals surface area (Å²) in [6.07, 6.45) is 2.49. The number of hydrogen-bond acceptors (Lipinski definition) is 7. The first kappa shape index (κ1) is 22.3. The molecule has 1 amide bonds. The third-order valence-corrected chi connectivity index (χ3v) is 6.11. The van der Waals surface area contributed by atoms with Crippen LogP contribution in [0.3, 0.4) is 0 Å². The molecule has 0 radical (unpaired) electrons. The van der Waals surface area contributed by atoms with Crippen LogP contribution in [0.25, 0.3) is 0 Å². The number of piperidine rings is 1. The number of aromatic nitrogens is 2. The fourth-order valence-electron chi connectivity index (χ4n) is 4.21. The van der Waals surface area contributed by atoms with E-state index in [9.17, 15) is 4.79 Å². The Labute approximate surface area is 189 Å². The van der Waals surface area contributed by atoms with Crippen LogP contribution in [0.4, 0.5) is 11.6 Å². The van der Waals surface area contributed by atoms with Crippen molar-refractivity contribution in [3.8, 4) is 5.75 Å². The number of benzene rings is 1. The summed E-state index contributed by atoms with van der Waals surface area (Å²) in [7, 11) is 0. The van der Waals surface area contributed by atoms with Crippen molar-refractivity contribution in [2.75, 3.05) is 62.3 Å². The van der Waals surface area contributed by atoms with Gasteiger partial charge in [-0.05, 0) is 56.0 Å². The Morgan fingerprint density at radius 1 is 1.00 bits per heavy atom. The molecule has 2 aliphatic heterocycles. The second-order valence-corrected chi connectivity index (χ2v) is 8.23. The number of anilines is 2. The van der Waals surface area contributed by atoms with Gasteiger partial charge in [0, 0.05) is 38.6 Å². The van der Waals surface area contributed by atoms with Crippen LogP contribution < -0.4 is 19.9 Å². The first-order valence-electron chi connectivity index (χ1n) is 11.6. The fourth-order valence-corrected chi connectivity index (χ4v) is 4.21. The number of carbonyl (C=O) groups is 1. The highest BCUT2D eigenvalue weighted by molar-refractivity contribution is 5.79. The Hall–Kier alpha value is -2.87. The van der Waals surface area contributed by atoms with Crippen LogP contribution >= 0.6 is 0 Å². The summed E-state index contributed by atoms with van der Waals surface area (Å²) in [5, 5.41) is 11.9. The summed E-state index contributed by atoms with van der Waals surface area (Å²) in [6.45, 7) is 8.12. The summed E-state index contributed by atoms with van der Waals surface area (Å²) in [5.41, 5.74) is 1.20. The van der Waals surface area contributed by atoms with Gasteiger partial charge in [0.15, 0.2) is 11.6 Å². The number of carbonyl (C=O) groups excluding carboxylic acids is 1. The molecule has 1 aromatic heterocycles. The second kappa shape index (κ2) is 11.1. The molecule has 0 aliphatic carbocycles. The van der Waals surface area contributed by atoms with Gasteiger partial charge < -0.3 is 24.6 Å². The molecule has 1 aromatic carbocycles. The van der Waals surface area contributed by atoms with E-state index in [4.69, 9.17) is 9.47 Å². The fraction of sp³-hybridized carbons (Fsp3) is 0.542. The lowest BCUT2D eigenvalue weighted by Crippen LogP contribution is -2.41. The van der Waals surface area contributed by atoms with Crippen LogP contribution in [0.1, 0.15) is 25.3 Å². The maximum atomic E-state index is 12.6. The van der Waals surface area contributed by atoms with Gasteiger partial charge in [0.1, 0.15) is 5.75 Å². The average molecular weight is 440 g/mol. The molecule has 2 aromatic rings. The Morgan fingerprint density at radius 3 is 2.22 bits per heavy atom. The van der Waals surface area contributed by atoms with Crippen molar-refractivity contribution in [1.82, 2.24) is 15.5 Å². The minimum absolute atomic E-state index is 0.0622. The summed E-state index contributed by atoms with van der Waals surface area (Å²) < 4.78 is 10.9. The number of hydrogen-bond donors (Lipinski definition) is 1. The van der Waals surface area contributed by atoms with Crippen LogP contribution in [0, 0.1) is 5.92 Å². The zero-order chi connectivity index (χ0) is 22.2. The molecule has 0 spiro atoms. The maximum Gasteiger partial charge on any atom is 0.223 e. The Balaban J connectivity index is 1.19. The van der Waals surface area contributed by atoms with E-state index in [0.29, 0.717) is 13.2 Å². The summed E-state index contributed by atoms with van der Waals surface area (Å²) in [4.78, 5) is 17.0. The van der Waals surface area contributed by atoms with Gasteiger partial charge in [-0.2, -0.15) is 0 Å².